The van der Waals surface area contributed by atoms with Gasteiger partial charge in [0.15, 0.2) is 0 Å². The highest BCUT2D eigenvalue weighted by atomic mass is 35.5. The molecule has 1 heterocycles. The van der Waals surface area contributed by atoms with Gasteiger partial charge in [-0.2, -0.15) is 5.10 Å². The first-order valence-corrected chi connectivity index (χ1v) is 7.64. The minimum absolute atomic E-state index is 0.0761. The van der Waals surface area contributed by atoms with Gasteiger partial charge in [-0.05, 0) is 25.8 Å². The van der Waals surface area contributed by atoms with Crippen LogP contribution in [-0.2, 0) is 19.4 Å². The lowest BCUT2D eigenvalue weighted by atomic mass is 10.0. The molecule has 0 saturated carbocycles. The number of hydrogen-bond acceptors (Lipinski definition) is 2. The molecule has 0 aliphatic heterocycles. The molecule has 1 unspecified atom stereocenters. The Bertz CT molecular complexity index is 635. The minimum atomic E-state index is -0.378. The average Bonchev–Trinajstić information content (AvgIpc) is 2.81. The molecule has 0 radical (unpaired) electrons. The summed E-state index contributed by atoms with van der Waals surface area (Å²) in [7, 11) is 0. The van der Waals surface area contributed by atoms with Crippen molar-refractivity contribution < 1.29 is 4.39 Å². The maximum atomic E-state index is 14.1. The molecule has 0 aliphatic rings. The highest BCUT2D eigenvalue weighted by molar-refractivity contribution is 6.30. The highest BCUT2D eigenvalue weighted by Crippen LogP contribution is 2.24. The molecule has 2 N–H and O–H groups in total. The molecule has 1 atom stereocenters. The third kappa shape index (κ3) is 3.11. The van der Waals surface area contributed by atoms with E-state index in [0.717, 1.165) is 29.8 Å². The lowest BCUT2D eigenvalue weighted by Gasteiger charge is -2.11. The van der Waals surface area contributed by atoms with E-state index in [2.05, 4.69) is 18.9 Å². The van der Waals surface area contributed by atoms with E-state index < -0.39 is 0 Å². The summed E-state index contributed by atoms with van der Waals surface area (Å²) < 4.78 is 15.9. The summed E-state index contributed by atoms with van der Waals surface area (Å²) in [6.45, 7) is 6.44. The van der Waals surface area contributed by atoms with Crippen LogP contribution in [0.4, 0.5) is 4.39 Å². The fourth-order valence-corrected chi connectivity index (χ4v) is 2.88. The number of benzene rings is 1. The molecule has 21 heavy (non-hydrogen) atoms. The molecule has 0 bridgehead atoms. The summed E-state index contributed by atoms with van der Waals surface area (Å²) >= 11 is 5.84. The van der Waals surface area contributed by atoms with E-state index in [9.17, 15) is 4.39 Å². The van der Waals surface area contributed by atoms with E-state index in [1.165, 1.54) is 0 Å². The molecule has 0 fully saturated rings. The second-order valence-electron chi connectivity index (χ2n) is 5.17. The maximum Gasteiger partial charge on any atom is 0.146 e. The zero-order valence-corrected chi connectivity index (χ0v) is 13.4. The van der Waals surface area contributed by atoms with Gasteiger partial charge in [0.05, 0.1) is 17.3 Å². The molecule has 5 heteroatoms. The van der Waals surface area contributed by atoms with Crippen molar-refractivity contribution in [1.82, 2.24) is 9.78 Å². The second-order valence-corrected chi connectivity index (χ2v) is 5.58. The molecule has 0 amide bonds. The Morgan fingerprint density at radius 3 is 2.62 bits per heavy atom. The van der Waals surface area contributed by atoms with Crippen molar-refractivity contribution >= 4 is 11.6 Å². The van der Waals surface area contributed by atoms with Gasteiger partial charge >= 0.3 is 0 Å². The van der Waals surface area contributed by atoms with Gasteiger partial charge in [-0.25, -0.2) is 4.39 Å². The standard InChI is InChI=1S/C16H21ClFN3/c1-4-13-15(10(3)19)14(5-2)21(20-13)9-11-7-6-8-12(17)16(11)18/h6-8,10H,4-5,9,19H2,1-3H3. The van der Waals surface area contributed by atoms with E-state index in [-0.39, 0.29) is 16.9 Å². The molecular formula is C16H21ClFN3. The zero-order chi connectivity index (χ0) is 15.6. The van der Waals surface area contributed by atoms with E-state index in [4.69, 9.17) is 17.3 Å². The third-order valence-corrected chi connectivity index (χ3v) is 3.94. The number of rotatable bonds is 5. The van der Waals surface area contributed by atoms with Crippen LogP contribution in [0.15, 0.2) is 18.2 Å². The molecule has 1 aromatic heterocycles. The van der Waals surface area contributed by atoms with Gasteiger partial charge < -0.3 is 5.73 Å². The first-order valence-electron chi connectivity index (χ1n) is 7.26. The van der Waals surface area contributed by atoms with E-state index in [1.807, 2.05) is 11.6 Å². The molecule has 114 valence electrons. The van der Waals surface area contributed by atoms with Crippen LogP contribution in [-0.4, -0.2) is 9.78 Å². The largest absolute Gasteiger partial charge is 0.324 e. The number of hydrogen-bond donors (Lipinski definition) is 1. The van der Waals surface area contributed by atoms with Crippen molar-refractivity contribution in [3.05, 3.63) is 51.6 Å². The summed E-state index contributed by atoms with van der Waals surface area (Å²) in [5.74, 6) is -0.378. The smallest absolute Gasteiger partial charge is 0.146 e. The van der Waals surface area contributed by atoms with Crippen LogP contribution in [0.2, 0.25) is 5.02 Å². The number of nitrogens with zero attached hydrogens (tertiary/aromatic N) is 2. The summed E-state index contributed by atoms with van der Waals surface area (Å²) in [5, 5.41) is 4.75. The Hall–Kier alpha value is -1.39. The van der Waals surface area contributed by atoms with Crippen LogP contribution < -0.4 is 5.73 Å². The van der Waals surface area contributed by atoms with Crippen molar-refractivity contribution in [3.8, 4) is 0 Å². The van der Waals surface area contributed by atoms with Crippen LogP contribution in [0.25, 0.3) is 0 Å². The molecule has 1 aromatic carbocycles. The van der Waals surface area contributed by atoms with Gasteiger partial charge in [0.25, 0.3) is 0 Å². The monoisotopic (exact) mass is 309 g/mol. The quantitative estimate of drug-likeness (QED) is 0.911. The van der Waals surface area contributed by atoms with Gasteiger partial charge in [0, 0.05) is 22.9 Å². The van der Waals surface area contributed by atoms with Crippen molar-refractivity contribution in [1.29, 1.82) is 0 Å². The summed E-state index contributed by atoms with van der Waals surface area (Å²) in [6, 6.07) is 4.96. The summed E-state index contributed by atoms with van der Waals surface area (Å²) in [6.07, 6.45) is 1.63. The Morgan fingerprint density at radius 2 is 2.05 bits per heavy atom. The van der Waals surface area contributed by atoms with Crippen LogP contribution in [0, 0.1) is 5.82 Å². The fraction of sp³-hybridized carbons (Fsp3) is 0.438. The van der Waals surface area contributed by atoms with Crippen molar-refractivity contribution in [2.24, 2.45) is 5.73 Å². The minimum Gasteiger partial charge on any atom is -0.324 e. The first kappa shape index (κ1) is 16.0. The topological polar surface area (TPSA) is 43.8 Å². The van der Waals surface area contributed by atoms with Crippen molar-refractivity contribution in [2.45, 2.75) is 46.2 Å². The second kappa shape index (κ2) is 6.58. The Kier molecular flexibility index (Phi) is 5.01. The number of nitrogens with two attached hydrogens (primary N) is 1. The first-order chi connectivity index (χ1) is 9.99. The third-order valence-electron chi connectivity index (χ3n) is 3.65. The van der Waals surface area contributed by atoms with E-state index in [0.29, 0.717) is 12.1 Å². The Labute approximate surface area is 129 Å². The van der Waals surface area contributed by atoms with Gasteiger partial charge in [0.1, 0.15) is 5.82 Å². The normalized spacial score (nSPS) is 12.7. The maximum absolute atomic E-state index is 14.1. The van der Waals surface area contributed by atoms with Crippen LogP contribution in [0.5, 0.6) is 0 Å². The predicted octanol–water partition coefficient (Wildman–Crippen LogP) is 3.87. The molecule has 0 spiro atoms. The van der Waals surface area contributed by atoms with Gasteiger partial charge in [0.2, 0.25) is 0 Å². The fourth-order valence-electron chi connectivity index (χ4n) is 2.69. The van der Waals surface area contributed by atoms with Crippen LogP contribution >= 0.6 is 11.6 Å². The number of aromatic nitrogens is 2. The van der Waals surface area contributed by atoms with Crippen molar-refractivity contribution in [3.63, 3.8) is 0 Å². The average molecular weight is 310 g/mol. The van der Waals surface area contributed by atoms with Gasteiger partial charge in [-0.1, -0.05) is 37.6 Å². The molecule has 2 aromatic rings. The molecular weight excluding hydrogens is 289 g/mol. The molecule has 2 rings (SSSR count). The molecule has 0 aliphatic carbocycles. The van der Waals surface area contributed by atoms with Gasteiger partial charge in [-0.3, -0.25) is 4.68 Å². The molecule has 3 nitrogen and oxygen atoms in total. The Morgan fingerprint density at radius 1 is 1.33 bits per heavy atom. The SMILES string of the molecule is CCc1nn(Cc2cccc(Cl)c2F)c(CC)c1C(C)N. The summed E-state index contributed by atoms with van der Waals surface area (Å²) in [5.41, 5.74) is 9.77. The van der Waals surface area contributed by atoms with Crippen LogP contribution in [0.3, 0.4) is 0 Å². The number of halogens is 2. The lowest BCUT2D eigenvalue weighted by molar-refractivity contribution is 0.573. The molecule has 0 saturated heterocycles. The van der Waals surface area contributed by atoms with E-state index >= 15 is 0 Å². The predicted molar refractivity (Wildman–Crippen MR) is 84.1 cm³/mol. The zero-order valence-electron chi connectivity index (χ0n) is 12.7. The summed E-state index contributed by atoms with van der Waals surface area (Å²) in [4.78, 5) is 0. The van der Waals surface area contributed by atoms with Crippen LogP contribution in [0.1, 0.15) is 49.3 Å². The van der Waals surface area contributed by atoms with E-state index in [1.54, 1.807) is 18.2 Å². The lowest BCUT2D eigenvalue weighted by Crippen LogP contribution is -2.11. The highest BCUT2D eigenvalue weighted by Gasteiger charge is 2.19. The number of aryl methyl sites for hydroxylation is 1. The Balaban J connectivity index is 2.47. The van der Waals surface area contributed by atoms with Crippen molar-refractivity contribution in [2.75, 3.05) is 0 Å². The van der Waals surface area contributed by atoms with Gasteiger partial charge in [-0.15, -0.1) is 0 Å².